The smallest absolute Gasteiger partial charge is 0.195 e. The van der Waals surface area contributed by atoms with E-state index in [9.17, 15) is 0 Å². The van der Waals surface area contributed by atoms with Crippen LogP contribution in [0.5, 0.6) is 0 Å². The number of thiazole rings is 2. The van der Waals surface area contributed by atoms with E-state index in [1.54, 1.807) is 28.7 Å². The van der Waals surface area contributed by atoms with Gasteiger partial charge >= 0.3 is 0 Å². The van der Waals surface area contributed by atoms with Crippen molar-refractivity contribution in [2.45, 2.75) is 45.4 Å². The maximum Gasteiger partial charge on any atom is 0.195 e. The lowest BCUT2D eigenvalue weighted by Crippen LogP contribution is -2.74. The Balaban J connectivity index is 1.15. The standard InChI is InChI=1S/C51H40N4S2Si/c1-32-15-13-25-42-47(32)52-50-54(42)43-31-39(27-28-45(43)57-50)58(36-19-5-3-6-20-36,37-21-7-4-8-22-37)38-23-14-18-35(30-38)40-29-33(2)48-49(46(40)34-16-9-10-17-34)55-41-24-11-12-26-44(41)56-51(55)53-48/h3-8,11-15,18-31,34H,9-10,16-17H2,1-2H3/i1D3. The van der Waals surface area contributed by atoms with Gasteiger partial charge in [0, 0.05) is 4.11 Å². The minimum Gasteiger partial charge on any atom is -0.283 e. The third-order valence-corrected chi connectivity index (χ3v) is 19.5. The van der Waals surface area contributed by atoms with Crippen molar-refractivity contribution in [3.8, 4) is 11.1 Å². The number of hydrogen-bond donors (Lipinski definition) is 0. The summed E-state index contributed by atoms with van der Waals surface area (Å²) in [6, 6.07) is 55.4. The van der Waals surface area contributed by atoms with Crippen LogP contribution in [0, 0.1) is 13.8 Å². The number of rotatable bonds is 6. The summed E-state index contributed by atoms with van der Waals surface area (Å²) in [5, 5.41) is 5.17. The highest BCUT2D eigenvalue weighted by Crippen LogP contribution is 2.45. The van der Waals surface area contributed by atoms with Gasteiger partial charge in [-0.15, -0.1) is 0 Å². The Kier molecular flexibility index (Phi) is 7.03. The summed E-state index contributed by atoms with van der Waals surface area (Å²) in [7, 11) is -3.04. The number of aromatic nitrogens is 4. The number of nitrogens with zero attached hydrogens (tertiary/aromatic N) is 4. The van der Waals surface area contributed by atoms with Crippen LogP contribution in [-0.2, 0) is 0 Å². The fraction of sp³-hybridized carbons (Fsp3) is 0.137. The van der Waals surface area contributed by atoms with Crippen LogP contribution in [0.1, 0.15) is 52.4 Å². The predicted octanol–water partition coefficient (Wildman–Crippen LogP) is 11.0. The topological polar surface area (TPSA) is 34.6 Å². The average molecular weight is 804 g/mol. The van der Waals surface area contributed by atoms with Gasteiger partial charge in [-0.3, -0.25) is 8.80 Å². The van der Waals surface area contributed by atoms with Crippen LogP contribution in [0.15, 0.2) is 152 Å². The molecule has 1 fully saturated rings. The van der Waals surface area contributed by atoms with Gasteiger partial charge in [-0.25, -0.2) is 9.97 Å². The summed E-state index contributed by atoms with van der Waals surface area (Å²) in [6.07, 6.45) is 4.84. The molecule has 4 heterocycles. The highest BCUT2D eigenvalue weighted by Gasteiger charge is 2.42. The van der Waals surface area contributed by atoms with Gasteiger partial charge in [-0.1, -0.05) is 151 Å². The summed E-state index contributed by atoms with van der Waals surface area (Å²) in [5.41, 5.74) is 11.5. The monoisotopic (exact) mass is 803 g/mol. The van der Waals surface area contributed by atoms with E-state index in [1.165, 1.54) is 84.4 Å². The maximum absolute atomic E-state index is 8.28. The first-order valence-electron chi connectivity index (χ1n) is 21.7. The molecule has 11 aromatic rings. The molecule has 0 bridgehead atoms. The zero-order valence-corrected chi connectivity index (χ0v) is 34.6. The fourth-order valence-corrected chi connectivity index (χ4v) is 17.0. The van der Waals surface area contributed by atoms with Crippen molar-refractivity contribution < 1.29 is 4.11 Å². The average Bonchev–Trinajstić information content (AvgIpc) is 4.12. The molecule has 0 N–H and O–H groups in total. The molecule has 58 heavy (non-hydrogen) atoms. The van der Waals surface area contributed by atoms with Gasteiger partial charge < -0.3 is 0 Å². The molecular formula is C51H40N4S2Si. The van der Waals surface area contributed by atoms with E-state index in [4.69, 9.17) is 14.1 Å². The minimum atomic E-state index is -3.04. The Morgan fingerprint density at radius 3 is 1.98 bits per heavy atom. The largest absolute Gasteiger partial charge is 0.283 e. The molecule has 1 saturated carbocycles. The normalized spacial score (nSPS) is 15.0. The number of fused-ring (bicyclic) bond motifs is 10. The van der Waals surface area contributed by atoms with Crippen molar-refractivity contribution in [3.63, 3.8) is 0 Å². The Morgan fingerprint density at radius 2 is 1.21 bits per heavy atom. The van der Waals surface area contributed by atoms with E-state index in [0.29, 0.717) is 11.4 Å². The van der Waals surface area contributed by atoms with E-state index in [0.717, 1.165) is 31.2 Å². The van der Waals surface area contributed by atoms with Crippen LogP contribution in [-0.4, -0.2) is 26.8 Å². The molecule has 0 saturated heterocycles. The summed E-state index contributed by atoms with van der Waals surface area (Å²) in [6.45, 7) is -0.0292. The summed E-state index contributed by atoms with van der Waals surface area (Å²) in [5.74, 6) is 0.449. The van der Waals surface area contributed by atoms with E-state index >= 15 is 0 Å². The molecule has 1 aliphatic carbocycles. The Labute approximate surface area is 349 Å². The summed E-state index contributed by atoms with van der Waals surface area (Å²) >= 11 is 3.39. The third-order valence-electron chi connectivity index (χ3n) is 12.7. The van der Waals surface area contributed by atoms with Crippen LogP contribution in [0.4, 0.5) is 0 Å². The van der Waals surface area contributed by atoms with Gasteiger partial charge in [0.15, 0.2) is 18.0 Å². The Morgan fingerprint density at radius 1 is 0.569 bits per heavy atom. The van der Waals surface area contributed by atoms with Crippen molar-refractivity contribution >= 4 is 104 Å². The second-order valence-electron chi connectivity index (χ2n) is 15.9. The summed E-state index contributed by atoms with van der Waals surface area (Å²) < 4.78 is 31.8. The SMILES string of the molecule is [2H]C([2H])([2H])c1cccc2c1nc1sc3ccc([Si](c4ccccc4)(c4ccccc4)c4cccc(-c5cc(C)c6nc7sc8ccccc8n7c6c5C5CCCC5)c4)cc3n12. The molecule has 4 nitrogen and oxygen atoms in total. The number of para-hydroxylation sites is 2. The van der Waals surface area contributed by atoms with E-state index < -0.39 is 14.9 Å². The van der Waals surface area contributed by atoms with Gasteiger partial charge in [0.1, 0.15) is 0 Å². The molecule has 4 aromatic heterocycles. The highest BCUT2D eigenvalue weighted by atomic mass is 32.1. The van der Waals surface area contributed by atoms with Crippen LogP contribution in [0.2, 0.25) is 0 Å². The van der Waals surface area contributed by atoms with Crippen LogP contribution >= 0.6 is 22.7 Å². The molecule has 0 unspecified atom stereocenters. The Hall–Kier alpha value is -5.86. The fourth-order valence-electron chi connectivity index (χ4n) is 10.2. The molecule has 7 heteroatoms. The molecule has 0 atom stereocenters. The number of imidazole rings is 2. The molecule has 0 spiro atoms. The second kappa shape index (κ2) is 13.1. The number of benzene rings is 7. The molecular weight excluding hydrogens is 761 g/mol. The van der Waals surface area contributed by atoms with Gasteiger partial charge in [-0.05, 0) is 117 Å². The Bertz CT molecular complexity index is 3470. The van der Waals surface area contributed by atoms with Crippen LogP contribution in [0.3, 0.4) is 0 Å². The van der Waals surface area contributed by atoms with Gasteiger partial charge in [0.05, 0.1) is 42.5 Å². The molecule has 0 aliphatic heterocycles. The maximum atomic E-state index is 8.28. The lowest BCUT2D eigenvalue weighted by Gasteiger charge is -2.35. The van der Waals surface area contributed by atoms with E-state index in [-0.39, 0.29) is 5.56 Å². The third kappa shape index (κ3) is 4.90. The molecule has 1 aliphatic rings. The first kappa shape index (κ1) is 31.2. The van der Waals surface area contributed by atoms with Crippen molar-refractivity contribution in [1.82, 2.24) is 18.8 Å². The van der Waals surface area contributed by atoms with Crippen molar-refractivity contribution in [2.24, 2.45) is 0 Å². The number of hydrogen-bond acceptors (Lipinski definition) is 4. The first-order valence-corrected chi connectivity index (χ1v) is 23.8. The molecule has 7 aromatic carbocycles. The molecule has 280 valence electrons. The lowest BCUT2D eigenvalue weighted by atomic mass is 9.87. The van der Waals surface area contributed by atoms with Crippen molar-refractivity contribution in [3.05, 3.63) is 168 Å². The molecule has 12 rings (SSSR count). The minimum absolute atomic E-state index is 0.286. The van der Waals surface area contributed by atoms with Gasteiger partial charge in [0.25, 0.3) is 0 Å². The highest BCUT2D eigenvalue weighted by molar-refractivity contribution is 7.24. The first-order chi connectivity index (χ1) is 29.8. The van der Waals surface area contributed by atoms with E-state index in [2.05, 4.69) is 149 Å². The molecule has 0 radical (unpaired) electrons. The predicted molar refractivity (Wildman–Crippen MR) is 249 cm³/mol. The van der Waals surface area contributed by atoms with Crippen molar-refractivity contribution in [1.29, 1.82) is 0 Å². The molecule has 0 amide bonds. The number of aryl methyl sites for hydroxylation is 2. The zero-order chi connectivity index (χ0) is 41.0. The lowest BCUT2D eigenvalue weighted by molar-refractivity contribution is 0.729. The van der Waals surface area contributed by atoms with E-state index in [1.807, 2.05) is 12.1 Å². The van der Waals surface area contributed by atoms with Gasteiger partial charge in [0.2, 0.25) is 0 Å². The quantitative estimate of drug-likeness (QED) is 0.124. The van der Waals surface area contributed by atoms with Crippen LogP contribution < -0.4 is 20.7 Å². The van der Waals surface area contributed by atoms with Crippen LogP contribution in [0.25, 0.3) is 63.5 Å². The zero-order valence-electron chi connectivity index (χ0n) is 34.9. The van der Waals surface area contributed by atoms with Crippen molar-refractivity contribution in [2.75, 3.05) is 0 Å². The summed E-state index contributed by atoms with van der Waals surface area (Å²) in [4.78, 5) is 12.1. The second-order valence-corrected chi connectivity index (χ2v) is 21.7. The van der Waals surface area contributed by atoms with Gasteiger partial charge in [-0.2, -0.15) is 0 Å².